The monoisotopic (exact) mass is 258 g/mol. The highest BCUT2D eigenvalue weighted by molar-refractivity contribution is 5.86. The van der Waals surface area contributed by atoms with Gasteiger partial charge in [-0.2, -0.15) is 0 Å². The quantitative estimate of drug-likeness (QED) is 0.411. The average Bonchev–Trinajstić information content (AvgIpc) is 2.28. The molecule has 0 radical (unpaired) electrons. The first-order valence-electron chi connectivity index (χ1n) is 6.35. The standard InChI is InChI=1S/C13H26N2O3/c1-8(2)12(16)11(15(6)9(3)4)13(17)10(5)7-14-18/h7-11,13,17-18H,1-6H3/b14-7+/t10-,11-,13-/m1/s1. The van der Waals surface area contributed by atoms with Crippen LogP contribution in [0.2, 0.25) is 0 Å². The molecule has 0 saturated carbocycles. The summed E-state index contributed by atoms with van der Waals surface area (Å²) in [5.41, 5.74) is 0. The number of likely N-dealkylation sites (N-methyl/N-ethyl adjacent to an activating group) is 1. The third kappa shape index (κ3) is 4.38. The molecule has 0 unspecified atom stereocenters. The molecule has 0 aromatic carbocycles. The van der Waals surface area contributed by atoms with Crippen molar-refractivity contribution in [1.82, 2.24) is 4.90 Å². The fraction of sp³-hybridized carbons (Fsp3) is 0.846. The van der Waals surface area contributed by atoms with Gasteiger partial charge < -0.3 is 10.3 Å². The zero-order chi connectivity index (χ0) is 14.5. The lowest BCUT2D eigenvalue weighted by Gasteiger charge is -2.36. The van der Waals surface area contributed by atoms with Gasteiger partial charge in [0.1, 0.15) is 0 Å². The summed E-state index contributed by atoms with van der Waals surface area (Å²) in [6.45, 7) is 9.30. The van der Waals surface area contributed by atoms with Gasteiger partial charge in [0.05, 0.1) is 12.1 Å². The fourth-order valence-corrected chi connectivity index (χ4v) is 1.75. The highest BCUT2D eigenvalue weighted by Gasteiger charge is 2.35. The third-order valence-electron chi connectivity index (χ3n) is 3.28. The molecule has 0 rings (SSSR count). The smallest absolute Gasteiger partial charge is 0.155 e. The lowest BCUT2D eigenvalue weighted by molar-refractivity contribution is -0.132. The summed E-state index contributed by atoms with van der Waals surface area (Å²) in [4.78, 5) is 14.1. The van der Waals surface area contributed by atoms with E-state index in [-0.39, 0.29) is 23.7 Å². The second kappa shape index (κ2) is 7.48. The Morgan fingerprint density at radius 3 is 2.06 bits per heavy atom. The minimum atomic E-state index is -0.886. The van der Waals surface area contributed by atoms with Gasteiger partial charge in [-0.15, -0.1) is 5.16 Å². The lowest BCUT2D eigenvalue weighted by atomic mass is 9.89. The Kier molecular flexibility index (Phi) is 7.09. The highest BCUT2D eigenvalue weighted by Crippen LogP contribution is 2.17. The Morgan fingerprint density at radius 1 is 1.22 bits per heavy atom. The molecule has 0 saturated heterocycles. The van der Waals surface area contributed by atoms with Gasteiger partial charge in [0, 0.05) is 24.1 Å². The van der Waals surface area contributed by atoms with Crippen LogP contribution in [0.5, 0.6) is 0 Å². The van der Waals surface area contributed by atoms with Gasteiger partial charge in [0.25, 0.3) is 0 Å². The molecule has 3 atom stereocenters. The SMILES string of the molecule is CC(C)C(=O)[C@H]([C@H](O)[C@H](C)/C=N/O)N(C)C(C)C. The van der Waals surface area contributed by atoms with Crippen molar-refractivity contribution < 1.29 is 15.1 Å². The van der Waals surface area contributed by atoms with Crippen molar-refractivity contribution in [2.24, 2.45) is 17.0 Å². The number of Topliss-reactive ketones (excluding diaryl/α,β-unsaturated/α-hetero) is 1. The summed E-state index contributed by atoms with van der Waals surface area (Å²) in [6, 6.07) is -0.441. The zero-order valence-electron chi connectivity index (χ0n) is 12.2. The van der Waals surface area contributed by atoms with E-state index in [1.54, 1.807) is 6.92 Å². The molecule has 5 heteroatoms. The van der Waals surface area contributed by atoms with E-state index in [0.29, 0.717) is 0 Å². The zero-order valence-corrected chi connectivity index (χ0v) is 12.2. The van der Waals surface area contributed by atoms with Gasteiger partial charge in [-0.05, 0) is 20.9 Å². The molecule has 0 aliphatic carbocycles. The summed E-state index contributed by atoms with van der Waals surface area (Å²) >= 11 is 0. The third-order valence-corrected chi connectivity index (χ3v) is 3.28. The van der Waals surface area contributed by atoms with Gasteiger partial charge >= 0.3 is 0 Å². The van der Waals surface area contributed by atoms with Crippen LogP contribution in [-0.2, 0) is 4.79 Å². The van der Waals surface area contributed by atoms with Crippen molar-refractivity contribution in [3.05, 3.63) is 0 Å². The van der Waals surface area contributed by atoms with Gasteiger partial charge in [-0.25, -0.2) is 0 Å². The van der Waals surface area contributed by atoms with Crippen molar-refractivity contribution in [3.63, 3.8) is 0 Å². The van der Waals surface area contributed by atoms with Crippen LogP contribution in [0.1, 0.15) is 34.6 Å². The van der Waals surface area contributed by atoms with Crippen molar-refractivity contribution in [1.29, 1.82) is 0 Å². The number of hydrogen-bond acceptors (Lipinski definition) is 5. The largest absolute Gasteiger partial charge is 0.411 e. The number of rotatable bonds is 7. The minimum absolute atomic E-state index is 0.00288. The second-order valence-electron chi connectivity index (χ2n) is 5.38. The van der Waals surface area contributed by atoms with E-state index < -0.39 is 12.1 Å². The minimum Gasteiger partial charge on any atom is -0.411 e. The first-order chi connectivity index (χ1) is 8.23. The van der Waals surface area contributed by atoms with Crippen LogP contribution in [0.4, 0.5) is 0 Å². The van der Waals surface area contributed by atoms with Crippen LogP contribution in [-0.4, -0.2) is 52.4 Å². The molecule has 5 nitrogen and oxygen atoms in total. The van der Waals surface area contributed by atoms with E-state index in [0.717, 1.165) is 0 Å². The van der Waals surface area contributed by atoms with Crippen molar-refractivity contribution in [2.75, 3.05) is 7.05 Å². The maximum atomic E-state index is 12.2. The number of oxime groups is 1. The molecule has 18 heavy (non-hydrogen) atoms. The predicted octanol–water partition coefficient (Wildman–Crippen LogP) is 1.38. The first kappa shape index (κ1) is 17.1. The van der Waals surface area contributed by atoms with Gasteiger partial charge in [-0.1, -0.05) is 20.8 Å². The van der Waals surface area contributed by atoms with E-state index in [1.807, 2.05) is 39.6 Å². The van der Waals surface area contributed by atoms with E-state index in [1.165, 1.54) is 6.21 Å². The molecule has 0 aliphatic heterocycles. The van der Waals surface area contributed by atoms with Gasteiger partial charge in [0.2, 0.25) is 0 Å². The van der Waals surface area contributed by atoms with Gasteiger partial charge in [0.15, 0.2) is 5.78 Å². The number of nitrogens with zero attached hydrogens (tertiary/aromatic N) is 2. The van der Waals surface area contributed by atoms with Crippen LogP contribution in [0, 0.1) is 11.8 Å². The predicted molar refractivity (Wildman–Crippen MR) is 72.0 cm³/mol. The van der Waals surface area contributed by atoms with Crippen LogP contribution >= 0.6 is 0 Å². The van der Waals surface area contributed by atoms with E-state index in [2.05, 4.69) is 5.16 Å². The number of carbonyl (C=O) groups is 1. The second-order valence-corrected chi connectivity index (χ2v) is 5.38. The molecule has 0 bridgehead atoms. The maximum absolute atomic E-state index is 12.2. The highest BCUT2D eigenvalue weighted by atomic mass is 16.4. The Morgan fingerprint density at radius 2 is 1.72 bits per heavy atom. The molecule has 0 amide bonds. The molecule has 2 N–H and O–H groups in total. The van der Waals surface area contributed by atoms with Crippen LogP contribution in [0.3, 0.4) is 0 Å². The molecular formula is C13H26N2O3. The maximum Gasteiger partial charge on any atom is 0.155 e. The topological polar surface area (TPSA) is 73.1 Å². The Bertz CT molecular complexity index is 290. The molecule has 0 spiro atoms. The van der Waals surface area contributed by atoms with E-state index in [9.17, 15) is 9.90 Å². The summed E-state index contributed by atoms with van der Waals surface area (Å²) in [5, 5.41) is 21.7. The molecule has 0 aromatic heterocycles. The fourth-order valence-electron chi connectivity index (χ4n) is 1.75. The summed E-state index contributed by atoms with van der Waals surface area (Å²) in [5.74, 6) is -0.537. The number of aliphatic hydroxyl groups is 1. The average molecular weight is 258 g/mol. The van der Waals surface area contributed by atoms with Crippen molar-refractivity contribution in [2.45, 2.75) is 52.8 Å². The number of hydrogen-bond donors (Lipinski definition) is 2. The normalized spacial score (nSPS) is 17.7. The first-order valence-corrected chi connectivity index (χ1v) is 6.35. The lowest BCUT2D eigenvalue weighted by Crippen LogP contribution is -2.53. The number of aliphatic hydroxyl groups excluding tert-OH is 1. The Balaban J connectivity index is 5.14. The molecule has 0 aliphatic rings. The molecular weight excluding hydrogens is 232 g/mol. The van der Waals surface area contributed by atoms with Gasteiger partial charge in [-0.3, -0.25) is 9.69 Å². The van der Waals surface area contributed by atoms with Crippen molar-refractivity contribution >= 4 is 12.0 Å². The Hall–Kier alpha value is -0.940. The van der Waals surface area contributed by atoms with Crippen LogP contribution in [0.15, 0.2) is 5.16 Å². The summed E-state index contributed by atoms with van der Waals surface area (Å²) in [6.07, 6.45) is 0.364. The number of carbonyl (C=O) groups excluding carboxylic acids is 1. The summed E-state index contributed by atoms with van der Waals surface area (Å²) in [7, 11) is 1.82. The van der Waals surface area contributed by atoms with E-state index in [4.69, 9.17) is 5.21 Å². The van der Waals surface area contributed by atoms with Crippen molar-refractivity contribution in [3.8, 4) is 0 Å². The molecule has 0 aromatic rings. The number of ketones is 1. The summed E-state index contributed by atoms with van der Waals surface area (Å²) < 4.78 is 0. The van der Waals surface area contributed by atoms with E-state index >= 15 is 0 Å². The van der Waals surface area contributed by atoms with Crippen LogP contribution in [0.25, 0.3) is 0 Å². The molecule has 106 valence electrons. The van der Waals surface area contributed by atoms with Crippen LogP contribution < -0.4 is 0 Å². The Labute approximate surface area is 109 Å². The molecule has 0 heterocycles. The molecule has 0 fully saturated rings.